The summed E-state index contributed by atoms with van der Waals surface area (Å²) >= 11 is 0. The fourth-order valence-electron chi connectivity index (χ4n) is 2.44. The number of hydrogen-bond acceptors (Lipinski definition) is 9. The fraction of sp³-hybridized carbons (Fsp3) is 0.214. The third-order valence-electron chi connectivity index (χ3n) is 3.70. The first-order valence-corrected chi connectivity index (χ1v) is 10.4. The highest BCUT2D eigenvalue weighted by atomic mass is 32.2. The van der Waals surface area contributed by atoms with Gasteiger partial charge in [-0.1, -0.05) is 0 Å². The van der Waals surface area contributed by atoms with Crippen molar-refractivity contribution in [2.45, 2.75) is 30.2 Å². The predicted molar refractivity (Wildman–Crippen MR) is 97.4 cm³/mol. The zero-order chi connectivity index (χ0) is 21.4. The molecule has 12 nitrogen and oxygen atoms in total. The van der Waals surface area contributed by atoms with Crippen LogP contribution < -0.4 is 11.3 Å². The van der Waals surface area contributed by atoms with Crippen LogP contribution in [0, 0.1) is 6.92 Å². The highest BCUT2D eigenvalue weighted by molar-refractivity contribution is 7.86. The number of nitrogens with zero attached hydrogens (tertiary/aromatic N) is 3. The lowest BCUT2D eigenvalue weighted by molar-refractivity contribution is 0.387. The van der Waals surface area contributed by atoms with Gasteiger partial charge in [0.15, 0.2) is 10.6 Å². The first-order valence-electron chi connectivity index (χ1n) is 7.51. The molecular weight excluding hydrogens is 416 g/mol. The Morgan fingerprint density at radius 3 is 2.21 bits per heavy atom. The average molecular weight is 432 g/mol. The molecule has 0 radical (unpaired) electrons. The van der Waals surface area contributed by atoms with Gasteiger partial charge in [0, 0.05) is 17.8 Å². The van der Waals surface area contributed by atoms with E-state index in [0.29, 0.717) is 4.57 Å². The van der Waals surface area contributed by atoms with Crippen molar-refractivity contribution >= 4 is 37.3 Å². The van der Waals surface area contributed by atoms with Crippen LogP contribution in [0.15, 0.2) is 43.0 Å². The van der Waals surface area contributed by atoms with Crippen LogP contribution >= 0.6 is 0 Å². The van der Waals surface area contributed by atoms with Gasteiger partial charge in [-0.3, -0.25) is 18.5 Å². The van der Waals surface area contributed by atoms with Crippen molar-refractivity contribution in [1.29, 1.82) is 0 Å². The molecule has 14 heteroatoms. The Hall–Kier alpha value is -2.81. The van der Waals surface area contributed by atoms with Crippen molar-refractivity contribution in [3.8, 4) is 5.88 Å². The number of pyridine rings is 1. The number of azo groups is 1. The van der Waals surface area contributed by atoms with Crippen molar-refractivity contribution in [3.63, 3.8) is 0 Å². The van der Waals surface area contributed by atoms with Crippen LogP contribution in [0.2, 0.25) is 0 Å². The maximum absolute atomic E-state index is 12.5. The molecule has 152 valence electrons. The summed E-state index contributed by atoms with van der Waals surface area (Å²) in [5.41, 5.74) is 3.30. The van der Waals surface area contributed by atoms with E-state index in [4.69, 9.17) is 5.73 Å². The van der Waals surface area contributed by atoms with E-state index < -0.39 is 58.4 Å². The molecule has 0 saturated carbocycles. The summed E-state index contributed by atoms with van der Waals surface area (Å²) in [5, 5.41) is 17.2. The molecule has 1 heterocycles. The topological polar surface area (TPSA) is 202 Å². The zero-order valence-electron chi connectivity index (χ0n) is 14.6. The second-order valence-electron chi connectivity index (χ2n) is 5.55. The number of nitrogens with two attached hydrogens (primary N) is 1. The molecule has 0 aliphatic rings. The molecule has 1 aromatic heterocycles. The number of aromatic hydroxyl groups is 1. The van der Waals surface area contributed by atoms with E-state index in [1.807, 2.05) is 0 Å². The third kappa shape index (κ3) is 4.04. The first-order chi connectivity index (χ1) is 12.8. The molecule has 0 amide bonds. The van der Waals surface area contributed by atoms with Crippen LogP contribution in [0.5, 0.6) is 5.88 Å². The Bertz CT molecular complexity index is 1250. The van der Waals surface area contributed by atoms with E-state index in [-0.39, 0.29) is 12.2 Å². The number of hydrogen-bond donors (Lipinski definition) is 4. The average Bonchev–Trinajstić information content (AvgIpc) is 2.52. The van der Waals surface area contributed by atoms with Gasteiger partial charge >= 0.3 is 0 Å². The van der Waals surface area contributed by atoms with Gasteiger partial charge < -0.3 is 10.8 Å². The van der Waals surface area contributed by atoms with E-state index in [1.54, 1.807) is 0 Å². The molecule has 0 atom stereocenters. The van der Waals surface area contributed by atoms with Gasteiger partial charge in [0.25, 0.3) is 25.8 Å². The highest BCUT2D eigenvalue weighted by Gasteiger charge is 2.27. The van der Waals surface area contributed by atoms with Crippen LogP contribution in [-0.4, -0.2) is 35.6 Å². The zero-order valence-corrected chi connectivity index (χ0v) is 16.2. The summed E-state index contributed by atoms with van der Waals surface area (Å²) < 4.78 is 65.3. The molecule has 2 aromatic rings. The third-order valence-corrected chi connectivity index (χ3v) is 5.60. The molecule has 0 saturated heterocycles. The Morgan fingerprint density at radius 1 is 1.11 bits per heavy atom. The monoisotopic (exact) mass is 432 g/mol. The van der Waals surface area contributed by atoms with E-state index in [1.165, 1.54) is 13.0 Å². The van der Waals surface area contributed by atoms with Crippen molar-refractivity contribution in [2.75, 3.05) is 5.73 Å². The standard InChI is InChI=1S/C14H16N4O8S2/c1-3-18-13(19)11(7(2)12(14(18)20)28(24,25)26)17-16-9-6-8(15)4-5-10(9)27(21,22)23/h4-6,20H,3,15H2,1-2H3,(H,21,22,23)(H,24,25,26). The molecule has 2 rings (SSSR count). The lowest BCUT2D eigenvalue weighted by Crippen LogP contribution is -2.22. The van der Waals surface area contributed by atoms with Crippen LogP contribution in [0.4, 0.5) is 17.1 Å². The van der Waals surface area contributed by atoms with Gasteiger partial charge in [-0.15, -0.1) is 10.2 Å². The van der Waals surface area contributed by atoms with Crippen molar-refractivity contribution < 1.29 is 31.0 Å². The smallest absolute Gasteiger partial charge is 0.300 e. The predicted octanol–water partition coefficient (Wildman–Crippen LogP) is 1.37. The molecule has 0 bridgehead atoms. The van der Waals surface area contributed by atoms with Gasteiger partial charge in [0.1, 0.15) is 10.6 Å². The van der Waals surface area contributed by atoms with Gasteiger partial charge in [-0.05, 0) is 32.0 Å². The van der Waals surface area contributed by atoms with E-state index >= 15 is 0 Å². The van der Waals surface area contributed by atoms with E-state index in [0.717, 1.165) is 19.1 Å². The van der Waals surface area contributed by atoms with Gasteiger partial charge in [0.05, 0.1) is 0 Å². The minimum absolute atomic E-state index is 0.0772. The lowest BCUT2D eigenvalue weighted by Gasteiger charge is -2.13. The maximum atomic E-state index is 12.5. The molecule has 0 unspecified atom stereocenters. The molecule has 0 aliphatic heterocycles. The van der Waals surface area contributed by atoms with Crippen molar-refractivity contribution in [3.05, 3.63) is 34.1 Å². The Balaban J connectivity index is 2.83. The molecule has 5 N–H and O–H groups in total. The number of anilines is 1. The Kier molecular flexibility index (Phi) is 5.61. The summed E-state index contributed by atoms with van der Waals surface area (Å²) in [5.74, 6) is -0.978. The van der Waals surface area contributed by atoms with Crippen LogP contribution in [0.3, 0.4) is 0 Å². The van der Waals surface area contributed by atoms with Gasteiger partial charge in [-0.2, -0.15) is 16.8 Å². The van der Waals surface area contributed by atoms with Gasteiger partial charge in [-0.25, -0.2) is 0 Å². The normalized spacial score (nSPS) is 12.6. The first kappa shape index (κ1) is 21.5. The van der Waals surface area contributed by atoms with E-state index in [2.05, 4.69) is 10.2 Å². The molecule has 28 heavy (non-hydrogen) atoms. The molecule has 0 spiro atoms. The van der Waals surface area contributed by atoms with E-state index in [9.17, 15) is 35.8 Å². The van der Waals surface area contributed by atoms with Gasteiger partial charge in [0.2, 0.25) is 5.88 Å². The largest absolute Gasteiger partial charge is 0.493 e. The quantitative estimate of drug-likeness (QED) is 0.306. The number of benzene rings is 1. The minimum atomic E-state index is -4.92. The Labute approximate surface area is 159 Å². The number of nitrogen functional groups attached to an aromatic ring is 1. The van der Waals surface area contributed by atoms with Crippen LogP contribution in [0.1, 0.15) is 12.5 Å². The lowest BCUT2D eigenvalue weighted by atomic mass is 10.2. The second kappa shape index (κ2) is 7.31. The summed E-state index contributed by atoms with van der Waals surface area (Å²) in [6, 6.07) is 3.22. The van der Waals surface area contributed by atoms with Crippen molar-refractivity contribution in [1.82, 2.24) is 4.57 Å². The molecule has 0 aliphatic carbocycles. The van der Waals surface area contributed by atoms with Crippen molar-refractivity contribution in [2.24, 2.45) is 10.2 Å². The molecular formula is C14H16N4O8S2. The summed E-state index contributed by atoms with van der Waals surface area (Å²) in [6.45, 7) is 2.37. The fourth-order valence-corrected chi connectivity index (χ4v) is 3.87. The highest BCUT2D eigenvalue weighted by Crippen LogP contribution is 2.32. The summed E-state index contributed by atoms with van der Waals surface area (Å²) in [4.78, 5) is 10.9. The number of aromatic nitrogens is 1. The van der Waals surface area contributed by atoms with Crippen LogP contribution in [-0.2, 0) is 26.8 Å². The maximum Gasteiger partial charge on any atom is 0.300 e. The summed E-state index contributed by atoms with van der Waals surface area (Å²) in [7, 11) is -9.62. The minimum Gasteiger partial charge on any atom is -0.493 e. The van der Waals surface area contributed by atoms with Crippen LogP contribution in [0.25, 0.3) is 0 Å². The second-order valence-corrected chi connectivity index (χ2v) is 8.30. The molecule has 0 fully saturated rings. The SMILES string of the molecule is CCn1c(O)c(S(=O)(=O)O)c(C)c(N=Nc2cc(N)ccc2S(=O)(=O)O)c1=O. The number of rotatable bonds is 5. The molecule has 1 aromatic carbocycles. The Morgan fingerprint density at radius 2 is 1.71 bits per heavy atom. The summed E-state index contributed by atoms with van der Waals surface area (Å²) in [6.07, 6.45) is 0.